The van der Waals surface area contributed by atoms with E-state index in [1.165, 1.54) is 18.4 Å². The smallest absolute Gasteiger partial charge is 0.115 e. The molecule has 1 aliphatic rings. The van der Waals surface area contributed by atoms with Crippen LogP contribution in [0.4, 0.5) is 0 Å². The van der Waals surface area contributed by atoms with Gasteiger partial charge in [0, 0.05) is 31.7 Å². The zero-order chi connectivity index (χ0) is 14.5. The number of nitrogens with zero attached hydrogens (tertiary/aromatic N) is 1. The van der Waals surface area contributed by atoms with E-state index in [0.29, 0.717) is 23.8 Å². The van der Waals surface area contributed by atoms with Crippen molar-refractivity contribution in [3.05, 3.63) is 29.8 Å². The first-order valence-corrected chi connectivity index (χ1v) is 7.89. The molecule has 0 amide bonds. The van der Waals surface area contributed by atoms with Crippen molar-refractivity contribution in [2.45, 2.75) is 52.2 Å². The van der Waals surface area contributed by atoms with E-state index in [9.17, 15) is 5.11 Å². The molecule has 1 aromatic rings. The number of rotatable bonds is 5. The van der Waals surface area contributed by atoms with E-state index in [1.807, 2.05) is 12.1 Å². The van der Waals surface area contributed by atoms with Gasteiger partial charge in [0.1, 0.15) is 5.75 Å². The Kier molecular flexibility index (Phi) is 5.44. The summed E-state index contributed by atoms with van der Waals surface area (Å²) in [7, 11) is 0. The van der Waals surface area contributed by atoms with Gasteiger partial charge >= 0.3 is 0 Å². The van der Waals surface area contributed by atoms with Gasteiger partial charge in [0.25, 0.3) is 0 Å². The van der Waals surface area contributed by atoms with Crippen molar-refractivity contribution in [1.82, 2.24) is 10.2 Å². The van der Waals surface area contributed by atoms with Gasteiger partial charge in [-0.05, 0) is 30.0 Å². The van der Waals surface area contributed by atoms with Crippen molar-refractivity contribution < 1.29 is 5.11 Å². The Balaban J connectivity index is 2.10. The van der Waals surface area contributed by atoms with Gasteiger partial charge in [0.05, 0.1) is 0 Å². The van der Waals surface area contributed by atoms with Crippen molar-refractivity contribution in [2.75, 3.05) is 13.1 Å². The zero-order valence-corrected chi connectivity index (χ0v) is 13.0. The second-order valence-corrected chi connectivity index (χ2v) is 6.07. The first-order chi connectivity index (χ1) is 9.63. The zero-order valence-electron chi connectivity index (χ0n) is 13.0. The minimum Gasteiger partial charge on any atom is -0.508 e. The van der Waals surface area contributed by atoms with Gasteiger partial charge in [-0.25, -0.2) is 0 Å². The molecular formula is C17H28N2O. The molecule has 2 rings (SSSR count). The van der Waals surface area contributed by atoms with Crippen LogP contribution in [0.15, 0.2) is 24.3 Å². The van der Waals surface area contributed by atoms with Gasteiger partial charge in [-0.2, -0.15) is 0 Å². The molecule has 0 aromatic heterocycles. The summed E-state index contributed by atoms with van der Waals surface area (Å²) < 4.78 is 0. The molecule has 1 aromatic carbocycles. The summed E-state index contributed by atoms with van der Waals surface area (Å²) in [5.41, 5.74) is 1.20. The lowest BCUT2D eigenvalue weighted by Crippen LogP contribution is -2.57. The molecule has 2 N–H and O–H groups in total. The number of nitrogens with one attached hydrogen (secondary N) is 1. The average Bonchev–Trinajstić information content (AvgIpc) is 2.46. The third-order valence-corrected chi connectivity index (χ3v) is 4.63. The number of aromatic hydroxyl groups is 1. The van der Waals surface area contributed by atoms with Crippen LogP contribution in [0, 0.1) is 5.92 Å². The molecule has 3 unspecified atom stereocenters. The lowest BCUT2D eigenvalue weighted by molar-refractivity contribution is 0.0832. The van der Waals surface area contributed by atoms with Gasteiger partial charge in [0.2, 0.25) is 0 Å². The van der Waals surface area contributed by atoms with Crippen molar-refractivity contribution in [1.29, 1.82) is 0 Å². The van der Waals surface area contributed by atoms with Crippen molar-refractivity contribution in [2.24, 2.45) is 5.92 Å². The summed E-state index contributed by atoms with van der Waals surface area (Å²) in [6, 6.07) is 8.84. The molecule has 1 heterocycles. The van der Waals surface area contributed by atoms with Crippen LogP contribution in [0.3, 0.4) is 0 Å². The fourth-order valence-corrected chi connectivity index (χ4v) is 3.08. The molecule has 1 saturated heterocycles. The minimum absolute atomic E-state index is 0.366. The SMILES string of the molecule is CCC1CN(Cc2cccc(O)c2)C(C(C)CC)CN1. The van der Waals surface area contributed by atoms with E-state index < -0.39 is 0 Å². The second kappa shape index (κ2) is 7.09. The molecule has 3 heteroatoms. The van der Waals surface area contributed by atoms with Crippen LogP contribution in [0.5, 0.6) is 5.75 Å². The van der Waals surface area contributed by atoms with Gasteiger partial charge in [-0.1, -0.05) is 39.3 Å². The molecule has 0 bridgehead atoms. The highest BCUT2D eigenvalue weighted by Crippen LogP contribution is 2.22. The van der Waals surface area contributed by atoms with E-state index in [0.717, 1.165) is 19.6 Å². The largest absolute Gasteiger partial charge is 0.508 e. The first kappa shape index (κ1) is 15.3. The van der Waals surface area contributed by atoms with Crippen LogP contribution in [0.2, 0.25) is 0 Å². The summed E-state index contributed by atoms with van der Waals surface area (Å²) in [4.78, 5) is 2.59. The van der Waals surface area contributed by atoms with Gasteiger partial charge in [0.15, 0.2) is 0 Å². The fraction of sp³-hybridized carbons (Fsp3) is 0.647. The summed E-state index contributed by atoms with van der Waals surface area (Å²) >= 11 is 0. The Morgan fingerprint density at radius 3 is 2.85 bits per heavy atom. The number of hydrogen-bond donors (Lipinski definition) is 2. The minimum atomic E-state index is 0.366. The number of benzene rings is 1. The number of phenolic OH excluding ortho intramolecular Hbond substituents is 1. The van der Waals surface area contributed by atoms with Crippen LogP contribution in [0.25, 0.3) is 0 Å². The molecular weight excluding hydrogens is 248 g/mol. The quantitative estimate of drug-likeness (QED) is 0.868. The fourth-order valence-electron chi connectivity index (χ4n) is 3.08. The van der Waals surface area contributed by atoms with Crippen LogP contribution < -0.4 is 5.32 Å². The maximum absolute atomic E-state index is 9.63. The van der Waals surface area contributed by atoms with Crippen molar-refractivity contribution in [3.63, 3.8) is 0 Å². The number of piperazine rings is 1. The molecule has 1 aliphatic heterocycles. The lowest BCUT2D eigenvalue weighted by Gasteiger charge is -2.43. The van der Waals surface area contributed by atoms with E-state index in [-0.39, 0.29) is 0 Å². The molecule has 0 saturated carbocycles. The summed E-state index contributed by atoms with van der Waals surface area (Å²) in [6.45, 7) is 9.96. The molecule has 3 nitrogen and oxygen atoms in total. The third kappa shape index (κ3) is 3.74. The van der Waals surface area contributed by atoms with Crippen LogP contribution in [-0.4, -0.2) is 35.2 Å². The van der Waals surface area contributed by atoms with Crippen LogP contribution in [0.1, 0.15) is 39.2 Å². The molecule has 1 fully saturated rings. The van der Waals surface area contributed by atoms with Gasteiger partial charge < -0.3 is 10.4 Å². The highest BCUT2D eigenvalue weighted by molar-refractivity contribution is 5.27. The maximum Gasteiger partial charge on any atom is 0.115 e. The Labute approximate surface area is 123 Å². The molecule has 3 atom stereocenters. The van der Waals surface area contributed by atoms with Crippen molar-refractivity contribution in [3.8, 4) is 5.75 Å². The van der Waals surface area contributed by atoms with Crippen LogP contribution >= 0.6 is 0 Å². The molecule has 112 valence electrons. The maximum atomic E-state index is 9.63. The number of hydrogen-bond acceptors (Lipinski definition) is 3. The normalized spacial score (nSPS) is 25.6. The number of phenols is 1. The first-order valence-electron chi connectivity index (χ1n) is 7.89. The predicted octanol–water partition coefficient (Wildman–Crippen LogP) is 2.99. The summed E-state index contributed by atoms with van der Waals surface area (Å²) in [5, 5.41) is 13.3. The standard InChI is InChI=1S/C17H28N2O/c1-4-13(3)17-10-18-15(5-2)12-19(17)11-14-7-6-8-16(20)9-14/h6-9,13,15,17-18,20H,4-5,10-12H2,1-3H3. The van der Waals surface area contributed by atoms with Crippen LogP contribution in [-0.2, 0) is 6.54 Å². The lowest BCUT2D eigenvalue weighted by atomic mass is 9.93. The Hall–Kier alpha value is -1.06. The topological polar surface area (TPSA) is 35.5 Å². The van der Waals surface area contributed by atoms with Crippen molar-refractivity contribution >= 4 is 0 Å². The summed E-state index contributed by atoms with van der Waals surface area (Å²) in [5.74, 6) is 1.06. The van der Waals surface area contributed by atoms with E-state index >= 15 is 0 Å². The Bertz CT molecular complexity index is 421. The van der Waals surface area contributed by atoms with E-state index in [4.69, 9.17) is 0 Å². The molecule has 0 aliphatic carbocycles. The summed E-state index contributed by atoms with van der Waals surface area (Å²) in [6.07, 6.45) is 2.38. The third-order valence-electron chi connectivity index (χ3n) is 4.63. The Morgan fingerprint density at radius 1 is 1.40 bits per heavy atom. The van der Waals surface area contributed by atoms with E-state index in [2.05, 4.69) is 37.1 Å². The average molecular weight is 276 g/mol. The Morgan fingerprint density at radius 2 is 2.20 bits per heavy atom. The predicted molar refractivity (Wildman–Crippen MR) is 83.8 cm³/mol. The van der Waals surface area contributed by atoms with Gasteiger partial charge in [-0.15, -0.1) is 0 Å². The molecule has 0 radical (unpaired) electrons. The van der Waals surface area contributed by atoms with E-state index in [1.54, 1.807) is 6.07 Å². The highest BCUT2D eigenvalue weighted by Gasteiger charge is 2.30. The second-order valence-electron chi connectivity index (χ2n) is 6.07. The van der Waals surface area contributed by atoms with Gasteiger partial charge in [-0.3, -0.25) is 4.90 Å². The highest BCUT2D eigenvalue weighted by atomic mass is 16.3. The molecule has 20 heavy (non-hydrogen) atoms. The monoisotopic (exact) mass is 276 g/mol. The molecule has 0 spiro atoms.